The highest BCUT2D eigenvalue weighted by Crippen LogP contribution is 2.34. The lowest BCUT2D eigenvalue weighted by Gasteiger charge is -2.21. The second-order valence-electron chi connectivity index (χ2n) is 5.92. The summed E-state index contributed by atoms with van der Waals surface area (Å²) in [4.78, 5) is 37.7. The number of amides is 2. The quantitative estimate of drug-likeness (QED) is 0.805. The van der Waals surface area contributed by atoms with Crippen molar-refractivity contribution in [2.75, 3.05) is 20.2 Å². The van der Waals surface area contributed by atoms with Gasteiger partial charge in [0.15, 0.2) is 0 Å². The van der Waals surface area contributed by atoms with Gasteiger partial charge < -0.3 is 20.1 Å². The van der Waals surface area contributed by atoms with Crippen LogP contribution in [0, 0.1) is 0 Å². The molecule has 0 aliphatic carbocycles. The molecule has 7 nitrogen and oxygen atoms in total. The Bertz CT molecular complexity index is 868. The van der Waals surface area contributed by atoms with Crippen LogP contribution >= 0.6 is 22.9 Å². The largest absolute Gasteiger partial charge is 0.480 e. The van der Waals surface area contributed by atoms with E-state index in [9.17, 15) is 19.5 Å². The van der Waals surface area contributed by atoms with E-state index in [1.807, 2.05) is 24.3 Å². The van der Waals surface area contributed by atoms with Crippen LogP contribution in [0.1, 0.15) is 16.1 Å². The Labute approximate surface area is 158 Å². The fourth-order valence-electron chi connectivity index (χ4n) is 2.98. The maximum absolute atomic E-state index is 12.4. The van der Waals surface area contributed by atoms with E-state index in [0.29, 0.717) is 9.90 Å². The molecule has 2 heterocycles. The summed E-state index contributed by atoms with van der Waals surface area (Å²) >= 11 is 7.50. The predicted molar refractivity (Wildman–Crippen MR) is 97.7 cm³/mol. The molecule has 1 saturated heterocycles. The monoisotopic (exact) mass is 396 g/mol. The lowest BCUT2D eigenvalue weighted by molar-refractivity contribution is -0.147. The topological polar surface area (TPSA) is 95.9 Å². The van der Waals surface area contributed by atoms with Crippen molar-refractivity contribution in [3.63, 3.8) is 0 Å². The highest BCUT2D eigenvalue weighted by molar-refractivity contribution is 7.21. The number of nitrogens with zero attached hydrogens (tertiary/aromatic N) is 1. The van der Waals surface area contributed by atoms with E-state index in [1.54, 1.807) is 0 Å². The minimum atomic E-state index is -1.09. The number of likely N-dealkylation sites (tertiary alicyclic amines) is 1. The smallest absolute Gasteiger partial charge is 0.326 e. The molecule has 0 saturated carbocycles. The molecule has 0 bridgehead atoms. The number of carbonyl (C=O) groups excluding carboxylic acids is 2. The molecule has 0 spiro atoms. The van der Waals surface area contributed by atoms with E-state index in [1.165, 1.54) is 23.3 Å². The van der Waals surface area contributed by atoms with Gasteiger partial charge in [-0.1, -0.05) is 29.8 Å². The van der Waals surface area contributed by atoms with Gasteiger partial charge in [0, 0.05) is 30.2 Å². The molecule has 1 aliphatic heterocycles. The van der Waals surface area contributed by atoms with E-state index < -0.39 is 23.8 Å². The molecule has 3 rings (SSSR count). The first kappa shape index (κ1) is 18.6. The van der Waals surface area contributed by atoms with E-state index in [-0.39, 0.29) is 25.6 Å². The zero-order valence-electron chi connectivity index (χ0n) is 13.9. The number of fused-ring (bicyclic) bond motifs is 1. The lowest BCUT2D eigenvalue weighted by Crippen LogP contribution is -2.45. The van der Waals surface area contributed by atoms with Gasteiger partial charge >= 0.3 is 5.97 Å². The zero-order chi connectivity index (χ0) is 18.8. The highest BCUT2D eigenvalue weighted by Gasteiger charge is 2.39. The summed E-state index contributed by atoms with van der Waals surface area (Å²) in [5, 5.41) is 12.9. The Morgan fingerprint density at radius 2 is 2.12 bits per heavy atom. The molecule has 1 fully saturated rings. The Morgan fingerprint density at radius 3 is 2.77 bits per heavy atom. The van der Waals surface area contributed by atoms with E-state index in [2.05, 4.69) is 5.32 Å². The van der Waals surface area contributed by atoms with Gasteiger partial charge in [-0.05, 0) is 6.07 Å². The summed E-state index contributed by atoms with van der Waals surface area (Å²) in [6.45, 7) is -0.116. The number of rotatable bonds is 5. The number of carbonyl (C=O) groups is 3. The van der Waals surface area contributed by atoms with Gasteiger partial charge in [-0.3, -0.25) is 9.59 Å². The number of aliphatic carboxylic acids is 1. The second kappa shape index (κ2) is 7.61. The van der Waals surface area contributed by atoms with E-state index >= 15 is 0 Å². The summed E-state index contributed by atoms with van der Waals surface area (Å²) in [7, 11) is 1.47. The molecule has 9 heteroatoms. The predicted octanol–water partition coefficient (Wildman–Crippen LogP) is 1.98. The molecule has 2 aromatic rings. The molecule has 2 N–H and O–H groups in total. The van der Waals surface area contributed by atoms with Gasteiger partial charge in [-0.15, -0.1) is 11.3 Å². The highest BCUT2D eigenvalue weighted by atomic mass is 35.5. The third kappa shape index (κ3) is 3.53. The maximum Gasteiger partial charge on any atom is 0.326 e. The first-order valence-electron chi connectivity index (χ1n) is 7.92. The first-order valence-corrected chi connectivity index (χ1v) is 9.12. The molecule has 2 amide bonds. The standard InChI is InChI=1S/C17H17ClN2O5S/c1-25-9-6-11(17(23)24)20(8-9)13(21)7-19-16(22)15-14(18)10-4-2-3-5-12(10)26-15/h2-5,9,11H,6-8H2,1H3,(H,19,22)(H,23,24). The van der Waals surface area contributed by atoms with Gasteiger partial charge in [0.1, 0.15) is 10.9 Å². The van der Waals surface area contributed by atoms with Crippen LogP contribution in [0.25, 0.3) is 10.1 Å². The number of hydrogen-bond acceptors (Lipinski definition) is 5. The number of benzene rings is 1. The van der Waals surface area contributed by atoms with Crippen LogP contribution in [0.2, 0.25) is 5.02 Å². The molecule has 138 valence electrons. The average molecular weight is 397 g/mol. The molecule has 2 unspecified atom stereocenters. The van der Waals surface area contributed by atoms with Crippen LogP contribution in [0.3, 0.4) is 0 Å². The van der Waals surface area contributed by atoms with Gasteiger partial charge in [-0.25, -0.2) is 4.79 Å². The molecular weight excluding hydrogens is 380 g/mol. The molecule has 1 aromatic carbocycles. The number of ether oxygens (including phenoxy) is 1. The summed E-state index contributed by atoms with van der Waals surface area (Å²) < 4.78 is 6.03. The van der Waals surface area contributed by atoms with Crippen molar-refractivity contribution in [2.45, 2.75) is 18.6 Å². The number of carboxylic acid groups (broad SMARTS) is 1. The number of thiophene rings is 1. The van der Waals surface area contributed by atoms with Crippen LogP contribution in [0.5, 0.6) is 0 Å². The van der Waals surface area contributed by atoms with Crippen molar-refractivity contribution in [1.29, 1.82) is 0 Å². The zero-order valence-corrected chi connectivity index (χ0v) is 15.5. The summed E-state index contributed by atoms with van der Waals surface area (Å²) in [5.41, 5.74) is 0. The summed E-state index contributed by atoms with van der Waals surface area (Å²) in [6.07, 6.45) is -0.0963. The Kier molecular flexibility index (Phi) is 5.45. The van der Waals surface area contributed by atoms with E-state index in [4.69, 9.17) is 16.3 Å². The van der Waals surface area contributed by atoms with E-state index in [0.717, 1.165) is 10.1 Å². The third-order valence-corrected chi connectivity index (χ3v) is 6.02. The molecule has 2 atom stereocenters. The fourth-order valence-corrected chi connectivity index (χ4v) is 4.41. The van der Waals surface area contributed by atoms with Crippen molar-refractivity contribution < 1.29 is 24.2 Å². The summed E-state index contributed by atoms with van der Waals surface area (Å²) in [6, 6.07) is 6.42. The minimum absolute atomic E-state index is 0.186. The number of nitrogens with one attached hydrogen (secondary N) is 1. The molecule has 0 radical (unpaired) electrons. The van der Waals surface area contributed by atoms with Crippen molar-refractivity contribution in [3.8, 4) is 0 Å². The SMILES string of the molecule is COC1CC(C(=O)O)N(C(=O)CNC(=O)c2sc3ccccc3c2Cl)C1. The second-order valence-corrected chi connectivity index (χ2v) is 7.35. The van der Waals surface area contributed by atoms with Crippen LogP contribution in [-0.4, -0.2) is 60.1 Å². The van der Waals surface area contributed by atoms with Crippen LogP contribution < -0.4 is 5.32 Å². The number of methoxy groups -OCH3 is 1. The number of hydrogen-bond donors (Lipinski definition) is 2. The normalized spacial score (nSPS) is 19.7. The van der Waals surface area contributed by atoms with Crippen molar-refractivity contribution in [2.24, 2.45) is 0 Å². The summed E-state index contributed by atoms with van der Waals surface area (Å²) in [5.74, 6) is -2.02. The molecular formula is C17H17ClN2O5S. The van der Waals surface area contributed by atoms with Gasteiger partial charge in [0.25, 0.3) is 5.91 Å². The van der Waals surface area contributed by atoms with Crippen LogP contribution in [0.15, 0.2) is 24.3 Å². The van der Waals surface area contributed by atoms with Gasteiger partial charge in [-0.2, -0.15) is 0 Å². The maximum atomic E-state index is 12.4. The van der Waals surface area contributed by atoms with Gasteiger partial charge in [0.2, 0.25) is 5.91 Å². The van der Waals surface area contributed by atoms with Gasteiger partial charge in [0.05, 0.1) is 17.7 Å². The van der Waals surface area contributed by atoms with Crippen molar-refractivity contribution in [1.82, 2.24) is 10.2 Å². The molecule has 26 heavy (non-hydrogen) atoms. The number of carboxylic acids is 1. The van der Waals surface area contributed by atoms with Crippen molar-refractivity contribution >= 4 is 50.8 Å². The lowest BCUT2D eigenvalue weighted by atomic mass is 10.2. The average Bonchev–Trinajstić information content (AvgIpc) is 3.21. The molecule has 1 aliphatic rings. The third-order valence-electron chi connectivity index (χ3n) is 4.34. The van der Waals surface area contributed by atoms with Crippen molar-refractivity contribution in [3.05, 3.63) is 34.2 Å². The number of halogens is 1. The van der Waals surface area contributed by atoms with Crippen LogP contribution in [-0.2, 0) is 14.3 Å². The minimum Gasteiger partial charge on any atom is -0.480 e. The Balaban J connectivity index is 1.67. The fraction of sp³-hybridized carbons (Fsp3) is 0.353. The first-order chi connectivity index (χ1) is 12.4. The molecule has 1 aromatic heterocycles. The Hall–Kier alpha value is -2.16. The Morgan fingerprint density at radius 1 is 1.38 bits per heavy atom. The van der Waals surface area contributed by atoms with Crippen LogP contribution in [0.4, 0.5) is 0 Å².